The maximum atomic E-state index is 13.2. The molecule has 0 aliphatic carbocycles. The number of hydrogen-bond donors (Lipinski definition) is 0. The minimum absolute atomic E-state index is 0.0289. The van der Waals surface area contributed by atoms with Crippen LogP contribution in [0.3, 0.4) is 0 Å². The third kappa shape index (κ3) is 4.44. The Morgan fingerprint density at radius 1 is 1.19 bits per heavy atom. The molecule has 0 bridgehead atoms. The van der Waals surface area contributed by atoms with Gasteiger partial charge in [0, 0.05) is 19.2 Å². The molecular formula is C22H27NO3. The zero-order valence-electron chi connectivity index (χ0n) is 15.6. The van der Waals surface area contributed by atoms with Crippen LogP contribution in [0, 0.1) is 5.92 Å². The number of ether oxygens (including phenoxy) is 2. The number of amides is 1. The number of carbonyl (C=O) groups is 1. The Bertz CT molecular complexity index is 710. The van der Waals surface area contributed by atoms with Crippen molar-refractivity contribution in [3.63, 3.8) is 0 Å². The summed E-state index contributed by atoms with van der Waals surface area (Å²) in [4.78, 5) is 15.2. The van der Waals surface area contributed by atoms with Gasteiger partial charge in [-0.3, -0.25) is 4.79 Å². The molecule has 0 N–H and O–H groups in total. The smallest absolute Gasteiger partial charge is 0.228 e. The van der Waals surface area contributed by atoms with E-state index in [0.29, 0.717) is 19.8 Å². The lowest BCUT2D eigenvalue weighted by atomic mass is 10.0. The fraction of sp³-hybridized carbons (Fsp3) is 0.409. The maximum Gasteiger partial charge on any atom is 0.228 e. The molecule has 0 spiro atoms. The van der Waals surface area contributed by atoms with Crippen LogP contribution in [0.1, 0.15) is 24.5 Å². The lowest BCUT2D eigenvalue weighted by molar-refractivity contribution is -0.138. The normalized spacial score (nSPS) is 17.7. The summed E-state index contributed by atoms with van der Waals surface area (Å²) in [5, 5.41) is 0. The van der Waals surface area contributed by atoms with Gasteiger partial charge in [-0.05, 0) is 37.0 Å². The van der Waals surface area contributed by atoms with Crippen LogP contribution in [-0.2, 0) is 22.5 Å². The van der Waals surface area contributed by atoms with Gasteiger partial charge in [0.1, 0.15) is 5.75 Å². The molecule has 3 rings (SSSR count). The van der Waals surface area contributed by atoms with Gasteiger partial charge in [-0.15, -0.1) is 0 Å². The van der Waals surface area contributed by atoms with Crippen LogP contribution < -0.4 is 4.74 Å². The molecule has 2 aromatic carbocycles. The summed E-state index contributed by atoms with van der Waals surface area (Å²) in [6, 6.07) is 18.3. The molecule has 2 aromatic rings. The summed E-state index contributed by atoms with van der Waals surface area (Å²) in [5.41, 5.74) is 2.27. The van der Waals surface area contributed by atoms with Crippen molar-refractivity contribution in [3.05, 3.63) is 65.7 Å². The average molecular weight is 353 g/mol. The first-order valence-electron chi connectivity index (χ1n) is 9.23. The highest BCUT2D eigenvalue weighted by Crippen LogP contribution is 2.24. The van der Waals surface area contributed by atoms with E-state index in [2.05, 4.69) is 25.1 Å². The monoisotopic (exact) mass is 353 g/mol. The lowest BCUT2D eigenvalue weighted by Crippen LogP contribution is -2.43. The Morgan fingerprint density at radius 3 is 2.62 bits per heavy atom. The average Bonchev–Trinajstić information content (AvgIpc) is 3.21. The Hall–Kier alpha value is -2.33. The molecule has 4 heteroatoms. The predicted molar refractivity (Wildman–Crippen MR) is 102 cm³/mol. The van der Waals surface area contributed by atoms with Crippen molar-refractivity contribution in [2.24, 2.45) is 5.92 Å². The van der Waals surface area contributed by atoms with E-state index in [1.54, 1.807) is 7.11 Å². The molecule has 2 atom stereocenters. The van der Waals surface area contributed by atoms with Crippen LogP contribution in [0.15, 0.2) is 54.6 Å². The Labute approximate surface area is 155 Å². The van der Waals surface area contributed by atoms with Crippen molar-refractivity contribution in [2.45, 2.75) is 32.4 Å². The summed E-state index contributed by atoms with van der Waals surface area (Å²) in [7, 11) is 1.69. The van der Waals surface area contributed by atoms with Gasteiger partial charge in [-0.25, -0.2) is 0 Å². The van der Waals surface area contributed by atoms with Gasteiger partial charge in [0.25, 0.3) is 0 Å². The number of carbonyl (C=O) groups excluding carboxylic acids is 1. The van der Waals surface area contributed by atoms with Crippen molar-refractivity contribution < 1.29 is 14.3 Å². The molecule has 138 valence electrons. The summed E-state index contributed by atoms with van der Waals surface area (Å²) in [6.45, 7) is 3.94. The van der Waals surface area contributed by atoms with E-state index in [1.165, 1.54) is 0 Å². The molecule has 0 saturated carbocycles. The fourth-order valence-corrected chi connectivity index (χ4v) is 3.49. The largest absolute Gasteiger partial charge is 0.496 e. The molecule has 1 amide bonds. The van der Waals surface area contributed by atoms with E-state index < -0.39 is 0 Å². The number of nitrogens with zero attached hydrogens (tertiary/aromatic N) is 1. The molecule has 1 aliphatic heterocycles. The third-order valence-electron chi connectivity index (χ3n) is 5.00. The van der Waals surface area contributed by atoms with Gasteiger partial charge in [0.2, 0.25) is 5.91 Å². The molecule has 26 heavy (non-hydrogen) atoms. The van der Waals surface area contributed by atoms with Gasteiger partial charge < -0.3 is 14.4 Å². The highest BCUT2D eigenvalue weighted by atomic mass is 16.5. The third-order valence-corrected chi connectivity index (χ3v) is 5.00. The van der Waals surface area contributed by atoms with Crippen molar-refractivity contribution in [2.75, 3.05) is 20.3 Å². The lowest BCUT2D eigenvalue weighted by Gasteiger charge is -2.32. The van der Waals surface area contributed by atoms with Crippen molar-refractivity contribution in [1.82, 2.24) is 4.90 Å². The van der Waals surface area contributed by atoms with Crippen molar-refractivity contribution in [3.8, 4) is 5.75 Å². The zero-order chi connectivity index (χ0) is 18.4. The van der Waals surface area contributed by atoms with E-state index in [-0.39, 0.29) is 17.9 Å². The molecule has 4 nitrogen and oxygen atoms in total. The number of hydrogen-bond acceptors (Lipinski definition) is 3. The summed E-state index contributed by atoms with van der Waals surface area (Å²) in [5.74, 6) is 1.03. The number of methoxy groups -OCH3 is 1. The van der Waals surface area contributed by atoms with Crippen LogP contribution in [0.2, 0.25) is 0 Å². The highest BCUT2D eigenvalue weighted by molar-refractivity contribution is 5.79. The van der Waals surface area contributed by atoms with Crippen LogP contribution >= 0.6 is 0 Å². The summed E-state index contributed by atoms with van der Waals surface area (Å²) in [6.07, 6.45) is 1.57. The van der Waals surface area contributed by atoms with Gasteiger partial charge in [0.15, 0.2) is 0 Å². The van der Waals surface area contributed by atoms with Crippen LogP contribution in [0.4, 0.5) is 0 Å². The fourth-order valence-electron chi connectivity index (χ4n) is 3.49. The Kier molecular flexibility index (Phi) is 6.29. The molecule has 1 heterocycles. The van der Waals surface area contributed by atoms with E-state index in [0.717, 1.165) is 29.7 Å². The van der Waals surface area contributed by atoms with Crippen LogP contribution in [0.5, 0.6) is 5.75 Å². The van der Waals surface area contributed by atoms with Gasteiger partial charge in [-0.1, -0.05) is 48.5 Å². The SMILES string of the molecule is COc1ccccc1C[C@@H](C)N(Cc1ccccc1)C(=O)[C@@H]1CCOC1. The molecule has 1 fully saturated rings. The second-order valence-corrected chi connectivity index (χ2v) is 6.88. The van der Waals surface area contributed by atoms with Crippen molar-refractivity contribution in [1.29, 1.82) is 0 Å². The summed E-state index contributed by atoms with van der Waals surface area (Å²) >= 11 is 0. The molecular weight excluding hydrogens is 326 g/mol. The minimum Gasteiger partial charge on any atom is -0.496 e. The second-order valence-electron chi connectivity index (χ2n) is 6.88. The number of para-hydroxylation sites is 1. The second kappa shape index (κ2) is 8.86. The quantitative estimate of drug-likeness (QED) is 0.762. The maximum absolute atomic E-state index is 13.2. The van der Waals surface area contributed by atoms with Crippen LogP contribution in [-0.4, -0.2) is 37.2 Å². The summed E-state index contributed by atoms with van der Waals surface area (Å²) < 4.78 is 10.9. The van der Waals surface area contributed by atoms with E-state index in [9.17, 15) is 4.79 Å². The van der Waals surface area contributed by atoms with Gasteiger partial charge in [-0.2, -0.15) is 0 Å². The highest BCUT2D eigenvalue weighted by Gasteiger charge is 2.31. The molecule has 0 aromatic heterocycles. The zero-order valence-corrected chi connectivity index (χ0v) is 15.6. The topological polar surface area (TPSA) is 38.8 Å². The first-order valence-corrected chi connectivity index (χ1v) is 9.23. The van der Waals surface area contributed by atoms with E-state index >= 15 is 0 Å². The predicted octanol–water partition coefficient (Wildman–Crippen LogP) is 3.69. The first kappa shape index (κ1) is 18.5. The molecule has 0 unspecified atom stereocenters. The first-order chi connectivity index (χ1) is 12.7. The number of benzene rings is 2. The molecule has 1 saturated heterocycles. The Balaban J connectivity index is 1.80. The van der Waals surface area contributed by atoms with Gasteiger partial charge >= 0.3 is 0 Å². The standard InChI is InChI=1S/C22H27NO3/c1-17(14-19-10-6-7-11-21(19)25-2)23(15-18-8-4-3-5-9-18)22(24)20-12-13-26-16-20/h3-11,17,20H,12-16H2,1-2H3/t17-,20-/m1/s1. The van der Waals surface area contributed by atoms with Crippen LogP contribution in [0.25, 0.3) is 0 Å². The van der Waals surface area contributed by atoms with Gasteiger partial charge in [0.05, 0.1) is 19.6 Å². The van der Waals surface area contributed by atoms with E-state index in [4.69, 9.17) is 9.47 Å². The van der Waals surface area contributed by atoms with E-state index in [1.807, 2.05) is 41.3 Å². The molecule has 1 aliphatic rings. The minimum atomic E-state index is -0.0289. The number of rotatable bonds is 7. The molecule has 0 radical (unpaired) electrons. The van der Waals surface area contributed by atoms with Crippen molar-refractivity contribution >= 4 is 5.91 Å². The Morgan fingerprint density at radius 2 is 1.92 bits per heavy atom.